The quantitative estimate of drug-likeness (QED) is 0.902. The van der Waals surface area contributed by atoms with E-state index in [1.54, 1.807) is 0 Å². The molecule has 2 N–H and O–H groups in total. The Hall–Kier alpha value is -1.48. The smallest absolute Gasteiger partial charge is 0.230 e. The first kappa shape index (κ1) is 13.0. The molecule has 1 unspecified atom stereocenters. The number of hydrogen-bond donors (Lipinski definition) is 1. The lowest BCUT2D eigenvalue weighted by atomic mass is 9.97. The Morgan fingerprint density at radius 3 is 2.89 bits per heavy atom. The number of nitrogens with zero attached hydrogens (tertiary/aromatic N) is 1. The van der Waals surface area contributed by atoms with Crippen molar-refractivity contribution >= 4 is 17.5 Å². The van der Waals surface area contributed by atoms with Crippen molar-refractivity contribution < 1.29 is 4.52 Å². The van der Waals surface area contributed by atoms with Gasteiger partial charge in [-0.1, -0.05) is 49.2 Å². The lowest BCUT2D eigenvalue weighted by Gasteiger charge is -2.07. The fourth-order valence-corrected chi connectivity index (χ4v) is 2.09. The van der Waals surface area contributed by atoms with Crippen LogP contribution in [0.5, 0.6) is 0 Å². The van der Waals surface area contributed by atoms with Gasteiger partial charge in [0, 0.05) is 5.02 Å². The molecule has 0 aliphatic rings. The summed E-state index contributed by atoms with van der Waals surface area (Å²) in [7, 11) is 0. The highest BCUT2D eigenvalue weighted by molar-refractivity contribution is 6.30. The standard InChI is InChI=1S/C14H17ClN2O/c1-3-9(2)7-12-13(14(16)18-17-12)10-5-4-6-11(15)8-10/h4-6,8-9H,3,7,16H2,1-2H3. The summed E-state index contributed by atoms with van der Waals surface area (Å²) in [5, 5.41) is 4.75. The molecule has 1 aromatic heterocycles. The van der Waals surface area contributed by atoms with Crippen molar-refractivity contribution in [2.45, 2.75) is 26.7 Å². The van der Waals surface area contributed by atoms with Crippen LogP contribution < -0.4 is 5.73 Å². The van der Waals surface area contributed by atoms with Crippen LogP contribution in [0.25, 0.3) is 11.1 Å². The summed E-state index contributed by atoms with van der Waals surface area (Å²) < 4.78 is 5.12. The van der Waals surface area contributed by atoms with E-state index in [9.17, 15) is 0 Å². The van der Waals surface area contributed by atoms with Crippen LogP contribution in [0.2, 0.25) is 5.02 Å². The van der Waals surface area contributed by atoms with E-state index < -0.39 is 0 Å². The van der Waals surface area contributed by atoms with Crippen molar-refractivity contribution in [3.05, 3.63) is 35.0 Å². The van der Waals surface area contributed by atoms with Gasteiger partial charge in [0.1, 0.15) is 0 Å². The fourth-order valence-electron chi connectivity index (χ4n) is 1.90. The average Bonchev–Trinajstić information content (AvgIpc) is 2.70. The third-order valence-electron chi connectivity index (χ3n) is 3.14. The van der Waals surface area contributed by atoms with E-state index in [0.29, 0.717) is 16.8 Å². The Morgan fingerprint density at radius 2 is 2.22 bits per heavy atom. The number of nitrogens with two attached hydrogens (primary N) is 1. The van der Waals surface area contributed by atoms with Gasteiger partial charge in [0.25, 0.3) is 0 Å². The monoisotopic (exact) mass is 264 g/mol. The van der Waals surface area contributed by atoms with Crippen LogP contribution in [-0.2, 0) is 6.42 Å². The molecule has 0 saturated carbocycles. The number of rotatable bonds is 4. The number of halogens is 1. The molecule has 96 valence electrons. The highest BCUT2D eigenvalue weighted by Gasteiger charge is 2.17. The maximum absolute atomic E-state index is 6.01. The molecular formula is C14H17ClN2O. The fraction of sp³-hybridized carbons (Fsp3) is 0.357. The van der Waals surface area contributed by atoms with Gasteiger partial charge < -0.3 is 10.3 Å². The van der Waals surface area contributed by atoms with Crippen LogP contribution in [0.3, 0.4) is 0 Å². The van der Waals surface area contributed by atoms with E-state index >= 15 is 0 Å². The Bertz CT molecular complexity index is 536. The summed E-state index contributed by atoms with van der Waals surface area (Å²) in [4.78, 5) is 0. The van der Waals surface area contributed by atoms with Gasteiger partial charge in [-0.25, -0.2) is 0 Å². The summed E-state index contributed by atoms with van der Waals surface area (Å²) in [6.07, 6.45) is 1.96. The molecule has 0 amide bonds. The summed E-state index contributed by atoms with van der Waals surface area (Å²) in [5.41, 5.74) is 8.61. The zero-order valence-corrected chi connectivity index (χ0v) is 11.4. The Labute approximate surface area is 112 Å². The van der Waals surface area contributed by atoms with Crippen molar-refractivity contribution in [1.29, 1.82) is 0 Å². The molecular weight excluding hydrogens is 248 g/mol. The molecule has 4 heteroatoms. The topological polar surface area (TPSA) is 52.0 Å². The molecule has 0 aliphatic heterocycles. The van der Waals surface area contributed by atoms with Gasteiger partial charge in [-0.2, -0.15) is 0 Å². The second kappa shape index (κ2) is 5.44. The predicted octanol–water partition coefficient (Wildman–Crippen LogP) is 4.17. The Balaban J connectivity index is 2.40. The van der Waals surface area contributed by atoms with E-state index in [4.69, 9.17) is 21.9 Å². The van der Waals surface area contributed by atoms with Crippen LogP contribution in [0, 0.1) is 5.92 Å². The maximum atomic E-state index is 6.01. The first-order valence-electron chi connectivity index (χ1n) is 6.11. The average molecular weight is 265 g/mol. The van der Waals surface area contributed by atoms with Gasteiger partial charge in [-0.05, 0) is 30.0 Å². The van der Waals surface area contributed by atoms with Crippen molar-refractivity contribution in [2.24, 2.45) is 5.92 Å². The molecule has 3 nitrogen and oxygen atoms in total. The van der Waals surface area contributed by atoms with Crippen LogP contribution in [0.15, 0.2) is 28.8 Å². The number of anilines is 1. The highest BCUT2D eigenvalue weighted by atomic mass is 35.5. The molecule has 0 aliphatic carbocycles. The molecule has 0 bridgehead atoms. The van der Waals surface area contributed by atoms with Gasteiger partial charge >= 0.3 is 0 Å². The lowest BCUT2D eigenvalue weighted by molar-refractivity contribution is 0.418. The number of benzene rings is 1. The Morgan fingerprint density at radius 1 is 1.44 bits per heavy atom. The minimum absolute atomic E-state index is 0.357. The minimum atomic E-state index is 0.357. The van der Waals surface area contributed by atoms with Gasteiger partial charge in [0.05, 0.1) is 11.3 Å². The van der Waals surface area contributed by atoms with Crippen LogP contribution in [0.4, 0.5) is 5.88 Å². The summed E-state index contributed by atoms with van der Waals surface area (Å²) in [6, 6.07) is 7.58. The predicted molar refractivity (Wildman–Crippen MR) is 74.5 cm³/mol. The maximum Gasteiger partial charge on any atom is 0.230 e. The van der Waals surface area contributed by atoms with Gasteiger partial charge in [-0.15, -0.1) is 0 Å². The van der Waals surface area contributed by atoms with E-state index in [0.717, 1.165) is 29.7 Å². The van der Waals surface area contributed by atoms with Crippen LogP contribution in [-0.4, -0.2) is 5.16 Å². The van der Waals surface area contributed by atoms with Gasteiger partial charge in [0.2, 0.25) is 5.88 Å². The molecule has 0 radical (unpaired) electrons. The summed E-state index contributed by atoms with van der Waals surface area (Å²) >= 11 is 6.01. The van der Waals surface area contributed by atoms with Crippen LogP contribution >= 0.6 is 11.6 Å². The first-order chi connectivity index (χ1) is 8.61. The zero-order valence-electron chi connectivity index (χ0n) is 10.6. The van der Waals surface area contributed by atoms with E-state index in [1.807, 2.05) is 24.3 Å². The third-order valence-corrected chi connectivity index (χ3v) is 3.38. The Kier molecular flexibility index (Phi) is 3.92. The molecule has 0 spiro atoms. The van der Waals surface area contributed by atoms with Crippen molar-refractivity contribution in [3.8, 4) is 11.1 Å². The summed E-state index contributed by atoms with van der Waals surface area (Å²) in [5.74, 6) is 0.906. The largest absolute Gasteiger partial charge is 0.367 e. The highest BCUT2D eigenvalue weighted by Crippen LogP contribution is 2.32. The summed E-state index contributed by atoms with van der Waals surface area (Å²) in [6.45, 7) is 4.35. The lowest BCUT2D eigenvalue weighted by Crippen LogP contribution is -2.00. The second-order valence-electron chi connectivity index (χ2n) is 4.60. The normalized spacial score (nSPS) is 12.6. The first-order valence-corrected chi connectivity index (χ1v) is 6.49. The van der Waals surface area contributed by atoms with E-state index in [-0.39, 0.29) is 0 Å². The molecule has 0 saturated heterocycles. The second-order valence-corrected chi connectivity index (χ2v) is 5.03. The molecule has 2 rings (SSSR count). The molecule has 1 aromatic carbocycles. The number of nitrogen functional groups attached to an aromatic ring is 1. The SMILES string of the molecule is CCC(C)Cc1noc(N)c1-c1cccc(Cl)c1. The van der Waals surface area contributed by atoms with E-state index in [2.05, 4.69) is 19.0 Å². The minimum Gasteiger partial charge on any atom is -0.367 e. The van der Waals surface area contributed by atoms with Gasteiger partial charge in [-0.3, -0.25) is 0 Å². The van der Waals surface area contributed by atoms with Crippen molar-refractivity contribution in [1.82, 2.24) is 5.16 Å². The molecule has 1 heterocycles. The van der Waals surface area contributed by atoms with Crippen LogP contribution in [0.1, 0.15) is 26.0 Å². The molecule has 2 aromatic rings. The van der Waals surface area contributed by atoms with Crippen molar-refractivity contribution in [3.63, 3.8) is 0 Å². The van der Waals surface area contributed by atoms with E-state index in [1.165, 1.54) is 0 Å². The molecule has 1 atom stereocenters. The third kappa shape index (κ3) is 2.67. The number of aromatic nitrogens is 1. The number of hydrogen-bond acceptors (Lipinski definition) is 3. The molecule has 18 heavy (non-hydrogen) atoms. The molecule has 0 fully saturated rings. The zero-order chi connectivity index (χ0) is 13.1. The van der Waals surface area contributed by atoms with Gasteiger partial charge in [0.15, 0.2) is 0 Å². The van der Waals surface area contributed by atoms with Crippen molar-refractivity contribution in [2.75, 3.05) is 5.73 Å².